The average molecular weight is 225 g/mol. The predicted octanol–water partition coefficient (Wildman–Crippen LogP) is 0.173. The van der Waals surface area contributed by atoms with Crippen LogP contribution in [0.5, 0.6) is 0 Å². The number of hydrogen-bond donors (Lipinski definition) is 2. The number of carbonyl (C=O) groups is 1. The van der Waals surface area contributed by atoms with Gasteiger partial charge < -0.3 is 5.32 Å². The van der Waals surface area contributed by atoms with Crippen LogP contribution >= 0.6 is 12.6 Å². The van der Waals surface area contributed by atoms with Gasteiger partial charge in [0.1, 0.15) is 0 Å². The van der Waals surface area contributed by atoms with Crippen molar-refractivity contribution < 1.29 is 27.2 Å². The summed E-state index contributed by atoms with van der Waals surface area (Å²) in [4.78, 5) is 10.2. The zero-order chi connectivity index (χ0) is 5.70. The molecule has 4 heteroatoms. The van der Waals surface area contributed by atoms with Gasteiger partial charge in [0.15, 0.2) is 0 Å². The van der Waals surface area contributed by atoms with Crippen LogP contribution in [-0.2, 0) is 27.2 Å². The Balaban J connectivity index is 0. The maximum Gasteiger partial charge on any atom is 0.244 e. The predicted molar refractivity (Wildman–Crippen MR) is 32.2 cm³/mol. The Morgan fingerprint density at radius 1 is 1.75 bits per heavy atom. The van der Waals surface area contributed by atoms with E-state index in [0.29, 0.717) is 0 Å². The van der Waals surface area contributed by atoms with Gasteiger partial charge in [0.2, 0.25) is 5.91 Å². The number of nitrogens with one attached hydrogen (secondary N) is 1. The molecule has 1 N–H and O–H groups in total. The Morgan fingerprint density at radius 3 is 2.38 bits per heavy atom. The Hall–Kier alpha value is 0.300. The molecule has 1 radical (unpaired) electrons. The summed E-state index contributed by atoms with van der Waals surface area (Å²) in [7, 11) is 1.57. The molecule has 0 aromatic carbocycles. The third-order valence-corrected chi connectivity index (χ3v) is 0.621. The molecule has 0 atom stereocenters. The zero-order valence-corrected chi connectivity index (χ0v) is 6.69. The van der Waals surface area contributed by atoms with E-state index in [9.17, 15) is 4.79 Å². The molecule has 0 spiro atoms. The molecular formula is C4H7AgNOS. The van der Waals surface area contributed by atoms with Gasteiger partial charge in [0.25, 0.3) is 0 Å². The second kappa shape index (κ2) is 7.30. The first-order valence-electron chi connectivity index (χ1n) is 1.83. The minimum atomic E-state index is -0.130. The maximum atomic E-state index is 10.2. The standard InChI is InChI=1S/C4H7NOS.Ag/c1-5-4(6)2-3-7;/h2-3,7H,1H3,(H,5,6);/b3-2-;. The Bertz CT molecular complexity index is 94.0. The van der Waals surface area contributed by atoms with E-state index >= 15 is 0 Å². The third kappa shape index (κ3) is 6.30. The molecule has 0 aliphatic heterocycles. The fraction of sp³-hybridized carbons (Fsp3) is 0.250. The van der Waals surface area contributed by atoms with Crippen molar-refractivity contribution in [3.63, 3.8) is 0 Å². The van der Waals surface area contributed by atoms with Gasteiger partial charge in [0, 0.05) is 35.5 Å². The van der Waals surface area contributed by atoms with Crippen LogP contribution in [0.4, 0.5) is 0 Å². The zero-order valence-electron chi connectivity index (χ0n) is 4.31. The first-order valence-corrected chi connectivity index (χ1v) is 2.35. The van der Waals surface area contributed by atoms with Gasteiger partial charge in [-0.2, -0.15) is 12.6 Å². The van der Waals surface area contributed by atoms with Gasteiger partial charge in [-0.15, -0.1) is 0 Å². The molecule has 0 aromatic heterocycles. The van der Waals surface area contributed by atoms with Crippen molar-refractivity contribution in [1.82, 2.24) is 5.32 Å². The van der Waals surface area contributed by atoms with Crippen molar-refractivity contribution in [3.05, 3.63) is 11.5 Å². The first-order chi connectivity index (χ1) is 3.31. The molecule has 0 bridgehead atoms. The van der Waals surface area contributed by atoms with Gasteiger partial charge in [-0.25, -0.2) is 0 Å². The van der Waals surface area contributed by atoms with E-state index in [-0.39, 0.29) is 28.3 Å². The quantitative estimate of drug-likeness (QED) is 0.372. The van der Waals surface area contributed by atoms with Crippen LogP contribution in [0.25, 0.3) is 0 Å². The third-order valence-electron chi connectivity index (χ3n) is 0.472. The molecule has 0 saturated carbocycles. The fourth-order valence-electron chi connectivity index (χ4n) is 0.151. The molecule has 1 amide bonds. The molecule has 51 valence electrons. The summed E-state index contributed by atoms with van der Waals surface area (Å²) >= 11 is 3.67. The van der Waals surface area contributed by atoms with Gasteiger partial charge in [-0.05, 0) is 5.41 Å². The van der Waals surface area contributed by atoms with Crippen molar-refractivity contribution in [3.8, 4) is 0 Å². The van der Waals surface area contributed by atoms with Crippen molar-refractivity contribution in [1.29, 1.82) is 0 Å². The fourth-order valence-corrected chi connectivity index (χ4v) is 0.286. The minimum Gasteiger partial charge on any atom is -0.356 e. The number of hydrogen-bond acceptors (Lipinski definition) is 2. The second-order valence-corrected chi connectivity index (χ2v) is 1.23. The summed E-state index contributed by atoms with van der Waals surface area (Å²) in [6.45, 7) is 0. The largest absolute Gasteiger partial charge is 0.356 e. The van der Waals surface area contributed by atoms with Crippen molar-refractivity contribution >= 4 is 18.5 Å². The molecule has 0 saturated heterocycles. The number of rotatable bonds is 1. The van der Waals surface area contributed by atoms with E-state index in [0.717, 1.165) is 0 Å². The van der Waals surface area contributed by atoms with Crippen molar-refractivity contribution in [2.45, 2.75) is 0 Å². The smallest absolute Gasteiger partial charge is 0.244 e. The van der Waals surface area contributed by atoms with Crippen LogP contribution in [0.1, 0.15) is 0 Å². The molecule has 0 rings (SSSR count). The number of likely N-dealkylation sites (N-methyl/N-ethyl adjacent to an activating group) is 1. The van der Waals surface area contributed by atoms with Crippen molar-refractivity contribution in [2.24, 2.45) is 0 Å². The van der Waals surface area contributed by atoms with Gasteiger partial charge in [-0.1, -0.05) is 0 Å². The van der Waals surface area contributed by atoms with E-state index < -0.39 is 0 Å². The van der Waals surface area contributed by atoms with E-state index in [2.05, 4.69) is 17.9 Å². The van der Waals surface area contributed by atoms with Crippen molar-refractivity contribution in [2.75, 3.05) is 7.05 Å². The number of thiol groups is 1. The Kier molecular flexibility index (Phi) is 10.2. The molecule has 0 aliphatic rings. The van der Waals surface area contributed by atoms with Crippen LogP contribution in [0.15, 0.2) is 11.5 Å². The molecule has 0 aromatic rings. The number of amides is 1. The maximum absolute atomic E-state index is 10.2. The van der Waals surface area contributed by atoms with Crippen LogP contribution in [0.3, 0.4) is 0 Å². The molecule has 2 nitrogen and oxygen atoms in total. The summed E-state index contributed by atoms with van der Waals surface area (Å²) in [6.07, 6.45) is 1.34. The Morgan fingerprint density at radius 2 is 2.25 bits per heavy atom. The first kappa shape index (κ1) is 11.1. The summed E-state index contributed by atoms with van der Waals surface area (Å²) < 4.78 is 0. The van der Waals surface area contributed by atoms with Gasteiger partial charge >= 0.3 is 0 Å². The topological polar surface area (TPSA) is 29.1 Å². The normalized spacial score (nSPS) is 8.25. The summed E-state index contributed by atoms with van der Waals surface area (Å²) in [5.74, 6) is -0.130. The van der Waals surface area contributed by atoms with E-state index in [4.69, 9.17) is 0 Å². The molecular weight excluding hydrogens is 218 g/mol. The van der Waals surface area contributed by atoms with Crippen LogP contribution in [-0.4, -0.2) is 13.0 Å². The summed E-state index contributed by atoms with van der Waals surface area (Å²) in [5.41, 5.74) is 0. The molecule has 0 unspecified atom stereocenters. The monoisotopic (exact) mass is 224 g/mol. The summed E-state index contributed by atoms with van der Waals surface area (Å²) in [5, 5.41) is 3.78. The number of carbonyl (C=O) groups excluding carboxylic acids is 1. The van der Waals surface area contributed by atoms with E-state index in [1.807, 2.05) is 0 Å². The van der Waals surface area contributed by atoms with Crippen LogP contribution in [0.2, 0.25) is 0 Å². The Labute approximate surface area is 69.6 Å². The van der Waals surface area contributed by atoms with E-state index in [1.54, 1.807) is 7.05 Å². The second-order valence-electron chi connectivity index (χ2n) is 0.930. The molecule has 8 heavy (non-hydrogen) atoms. The molecule has 0 fully saturated rings. The van der Waals surface area contributed by atoms with Gasteiger partial charge in [0.05, 0.1) is 0 Å². The van der Waals surface area contributed by atoms with Crippen LogP contribution < -0.4 is 5.32 Å². The molecule has 0 aliphatic carbocycles. The SMILES string of the molecule is CNC(=O)/C=C\S.[Ag]. The van der Waals surface area contributed by atoms with E-state index in [1.165, 1.54) is 11.5 Å². The van der Waals surface area contributed by atoms with Gasteiger partial charge in [-0.3, -0.25) is 4.79 Å². The minimum absolute atomic E-state index is 0. The van der Waals surface area contributed by atoms with Crippen LogP contribution in [0, 0.1) is 0 Å². The summed E-state index contributed by atoms with van der Waals surface area (Å²) in [6, 6.07) is 0. The average Bonchev–Trinajstić information content (AvgIpc) is 1.68. The molecule has 0 heterocycles.